The van der Waals surface area contributed by atoms with Gasteiger partial charge in [0.1, 0.15) is 11.5 Å². The minimum Gasteiger partial charge on any atom is -0.494 e. The molecular weight excluding hydrogens is 545 g/mol. The van der Waals surface area contributed by atoms with Crippen LogP contribution < -0.4 is 19.7 Å². The Bertz CT molecular complexity index is 1040. The second-order valence-corrected chi connectivity index (χ2v) is 7.43. The summed E-state index contributed by atoms with van der Waals surface area (Å²) in [6.45, 7) is 6.61. The predicted octanol–water partition coefficient (Wildman–Crippen LogP) is 3.58. The summed E-state index contributed by atoms with van der Waals surface area (Å²) in [7, 11) is 1.81. The Balaban J connectivity index is 0.00000324. The fourth-order valence-corrected chi connectivity index (χ4v) is 3.59. The number of ether oxygens (including phenoxy) is 2. The van der Waals surface area contributed by atoms with Crippen LogP contribution in [-0.2, 0) is 6.54 Å². The molecule has 0 atom stereocenters. The van der Waals surface area contributed by atoms with E-state index in [0.29, 0.717) is 24.8 Å². The number of piperazine rings is 1. The Labute approximate surface area is 217 Å². The highest BCUT2D eigenvalue weighted by Gasteiger charge is 2.21. The first-order chi connectivity index (χ1) is 16.2. The van der Waals surface area contributed by atoms with Gasteiger partial charge in [-0.25, -0.2) is 15.0 Å². The van der Waals surface area contributed by atoms with Crippen LogP contribution >= 0.6 is 24.0 Å². The number of aromatic nitrogens is 3. The van der Waals surface area contributed by atoms with Crippen molar-refractivity contribution >= 4 is 35.9 Å². The van der Waals surface area contributed by atoms with Gasteiger partial charge >= 0.3 is 0 Å². The van der Waals surface area contributed by atoms with Crippen LogP contribution in [0.1, 0.15) is 12.5 Å². The van der Waals surface area contributed by atoms with Gasteiger partial charge in [-0.1, -0.05) is 0 Å². The summed E-state index contributed by atoms with van der Waals surface area (Å²) in [6.07, 6.45) is 5.30. The second-order valence-electron chi connectivity index (χ2n) is 7.43. The van der Waals surface area contributed by atoms with Crippen LogP contribution in [0.3, 0.4) is 0 Å². The van der Waals surface area contributed by atoms with Gasteiger partial charge in [0.2, 0.25) is 11.8 Å². The van der Waals surface area contributed by atoms with E-state index in [9.17, 15) is 0 Å². The van der Waals surface area contributed by atoms with Crippen molar-refractivity contribution in [2.75, 3.05) is 44.7 Å². The largest absolute Gasteiger partial charge is 0.494 e. The lowest BCUT2D eigenvalue weighted by Crippen LogP contribution is -2.52. The molecule has 180 valence electrons. The van der Waals surface area contributed by atoms with Gasteiger partial charge in [0.15, 0.2) is 5.96 Å². The first-order valence-corrected chi connectivity index (χ1v) is 11.1. The van der Waals surface area contributed by atoms with Gasteiger partial charge in [0, 0.05) is 64.4 Å². The zero-order chi connectivity index (χ0) is 22.9. The number of aliphatic imine (C=N–C) groups is 1. The average Bonchev–Trinajstić information content (AvgIpc) is 2.87. The summed E-state index contributed by atoms with van der Waals surface area (Å²) < 4.78 is 11.4. The molecule has 0 aliphatic carbocycles. The first kappa shape index (κ1) is 25.5. The zero-order valence-electron chi connectivity index (χ0n) is 19.4. The van der Waals surface area contributed by atoms with Gasteiger partial charge in [0.25, 0.3) is 0 Å². The van der Waals surface area contributed by atoms with Crippen molar-refractivity contribution < 1.29 is 9.47 Å². The number of nitrogens with zero attached hydrogens (tertiary/aromatic N) is 6. The third-order valence-electron chi connectivity index (χ3n) is 5.23. The number of hydrogen-bond acceptors (Lipinski definition) is 7. The van der Waals surface area contributed by atoms with E-state index >= 15 is 0 Å². The summed E-state index contributed by atoms with van der Waals surface area (Å²) in [4.78, 5) is 21.9. The molecule has 10 heteroatoms. The van der Waals surface area contributed by atoms with Gasteiger partial charge in [-0.3, -0.25) is 4.99 Å². The molecule has 3 heterocycles. The van der Waals surface area contributed by atoms with Crippen LogP contribution in [0.25, 0.3) is 0 Å². The first-order valence-electron chi connectivity index (χ1n) is 11.1. The smallest absolute Gasteiger partial charge is 0.225 e. The molecule has 9 nitrogen and oxygen atoms in total. The van der Waals surface area contributed by atoms with Crippen molar-refractivity contribution in [2.24, 2.45) is 4.99 Å². The summed E-state index contributed by atoms with van der Waals surface area (Å²) in [6, 6.07) is 13.3. The number of nitrogens with one attached hydrogen (secondary N) is 1. The maximum atomic E-state index is 5.90. The van der Waals surface area contributed by atoms with Crippen molar-refractivity contribution in [1.82, 2.24) is 25.2 Å². The summed E-state index contributed by atoms with van der Waals surface area (Å²) in [5.41, 5.74) is 1.06. The molecule has 1 N–H and O–H groups in total. The minimum atomic E-state index is 0. The van der Waals surface area contributed by atoms with Crippen molar-refractivity contribution in [2.45, 2.75) is 13.5 Å². The molecule has 1 aromatic carbocycles. The van der Waals surface area contributed by atoms with Crippen LogP contribution in [-0.4, -0.2) is 65.6 Å². The molecule has 1 aliphatic heterocycles. The van der Waals surface area contributed by atoms with Crippen LogP contribution in [0.2, 0.25) is 0 Å². The number of halogens is 1. The molecule has 4 rings (SSSR count). The molecule has 0 bridgehead atoms. The molecule has 0 unspecified atom stereocenters. The highest BCUT2D eigenvalue weighted by Crippen LogP contribution is 2.23. The van der Waals surface area contributed by atoms with Gasteiger partial charge in [0.05, 0.1) is 6.61 Å². The quantitative estimate of drug-likeness (QED) is 0.260. The average molecular weight is 575 g/mol. The van der Waals surface area contributed by atoms with Gasteiger partial charge < -0.3 is 24.6 Å². The number of hydrogen-bond donors (Lipinski definition) is 1. The summed E-state index contributed by atoms with van der Waals surface area (Å²) in [5, 5.41) is 3.45. The number of benzene rings is 1. The second kappa shape index (κ2) is 12.9. The Hall–Kier alpha value is -3.15. The molecule has 2 aromatic heterocycles. The minimum absolute atomic E-state index is 0. The Kier molecular flexibility index (Phi) is 9.68. The standard InChI is InChI=1S/C24H29N7O2.HI/c1-3-32-20-5-7-21(8-6-20)33-22-17-19(9-12-26-22)18-29-23(25-2)30-13-15-31(16-14-30)24-27-10-4-11-28-24;/h4-12,17H,3,13-16,18H2,1-2H3,(H,25,29);1H. The lowest BCUT2D eigenvalue weighted by Gasteiger charge is -2.36. The maximum Gasteiger partial charge on any atom is 0.225 e. The molecule has 1 saturated heterocycles. The van der Waals surface area contributed by atoms with Crippen molar-refractivity contribution in [1.29, 1.82) is 0 Å². The monoisotopic (exact) mass is 575 g/mol. The van der Waals surface area contributed by atoms with Crippen molar-refractivity contribution in [3.63, 3.8) is 0 Å². The molecule has 0 amide bonds. The fraction of sp³-hybridized carbons (Fsp3) is 0.333. The highest BCUT2D eigenvalue weighted by molar-refractivity contribution is 14.0. The normalized spacial score (nSPS) is 13.8. The molecular formula is C24H30IN7O2. The molecule has 1 fully saturated rings. The van der Waals surface area contributed by atoms with E-state index in [1.807, 2.05) is 56.4 Å². The van der Waals surface area contributed by atoms with E-state index in [1.54, 1.807) is 18.6 Å². The van der Waals surface area contributed by atoms with Crippen LogP contribution in [0.5, 0.6) is 17.4 Å². The lowest BCUT2D eigenvalue weighted by atomic mass is 10.2. The van der Waals surface area contributed by atoms with E-state index in [4.69, 9.17) is 9.47 Å². The van der Waals surface area contributed by atoms with Crippen LogP contribution in [0.4, 0.5) is 5.95 Å². The zero-order valence-corrected chi connectivity index (χ0v) is 21.8. The highest BCUT2D eigenvalue weighted by atomic mass is 127. The molecule has 0 saturated carbocycles. The van der Waals surface area contributed by atoms with Gasteiger partial charge in [-0.05, 0) is 48.9 Å². The topological polar surface area (TPSA) is 88.0 Å². The maximum absolute atomic E-state index is 5.90. The SMILES string of the molecule is CCOc1ccc(Oc2cc(CNC(=NC)N3CCN(c4ncccn4)CC3)ccn2)cc1.I. The van der Waals surface area contributed by atoms with Crippen LogP contribution in [0, 0.1) is 0 Å². The number of guanidine groups is 1. The van der Waals surface area contributed by atoms with E-state index in [2.05, 4.69) is 35.1 Å². The molecule has 3 aromatic rings. The van der Waals surface area contributed by atoms with Crippen LogP contribution in [0.15, 0.2) is 66.0 Å². The fourth-order valence-electron chi connectivity index (χ4n) is 3.59. The number of rotatable bonds is 7. The summed E-state index contributed by atoms with van der Waals surface area (Å²) in [5.74, 6) is 3.72. The Morgan fingerprint density at radius 3 is 2.35 bits per heavy atom. The van der Waals surface area contributed by atoms with E-state index in [1.165, 1.54) is 0 Å². The third kappa shape index (κ3) is 6.92. The summed E-state index contributed by atoms with van der Waals surface area (Å²) >= 11 is 0. The lowest BCUT2D eigenvalue weighted by molar-refractivity contribution is 0.339. The molecule has 0 radical (unpaired) electrons. The number of anilines is 1. The van der Waals surface area contributed by atoms with Gasteiger partial charge in [-0.2, -0.15) is 0 Å². The Morgan fingerprint density at radius 2 is 1.68 bits per heavy atom. The van der Waals surface area contributed by atoms with Crippen molar-refractivity contribution in [3.8, 4) is 17.4 Å². The number of pyridine rings is 1. The van der Waals surface area contributed by atoms with E-state index in [0.717, 1.165) is 49.4 Å². The van der Waals surface area contributed by atoms with E-state index in [-0.39, 0.29) is 24.0 Å². The predicted molar refractivity (Wildman–Crippen MR) is 143 cm³/mol. The van der Waals surface area contributed by atoms with Crippen molar-refractivity contribution in [3.05, 3.63) is 66.6 Å². The van der Waals surface area contributed by atoms with Gasteiger partial charge in [-0.15, -0.1) is 24.0 Å². The molecule has 34 heavy (non-hydrogen) atoms. The molecule has 0 spiro atoms. The molecule has 1 aliphatic rings. The third-order valence-corrected chi connectivity index (χ3v) is 5.23. The Morgan fingerprint density at radius 1 is 0.971 bits per heavy atom. The van der Waals surface area contributed by atoms with E-state index < -0.39 is 0 Å².